The van der Waals surface area contributed by atoms with Crippen LogP contribution in [0.4, 0.5) is 0 Å². The van der Waals surface area contributed by atoms with Crippen LogP contribution in [-0.2, 0) is 13.6 Å². The molecule has 0 aromatic carbocycles. The molecule has 0 N–H and O–H groups in total. The maximum Gasteiger partial charge on any atom is 0.330 e. The van der Waals surface area contributed by atoms with Crippen molar-refractivity contribution in [2.75, 3.05) is 19.4 Å². The Balaban J connectivity index is 3.78. The van der Waals surface area contributed by atoms with E-state index in [-0.39, 0.29) is 0 Å². The van der Waals surface area contributed by atoms with Gasteiger partial charge in [0.25, 0.3) is 0 Å². The van der Waals surface area contributed by atoms with Crippen molar-refractivity contribution in [1.29, 1.82) is 0 Å². The fourth-order valence-electron chi connectivity index (χ4n) is 1.45. The highest BCUT2D eigenvalue weighted by Gasteiger charge is 2.22. The average Bonchev–Trinajstić information content (AvgIpc) is 2.27. The highest BCUT2D eigenvalue weighted by Crippen LogP contribution is 2.48. The fraction of sp³-hybridized carbons (Fsp3) is 1.00. The summed E-state index contributed by atoms with van der Waals surface area (Å²) in [5, 5.41) is 0. The molecule has 0 amide bonds. The Morgan fingerprint density at radius 1 is 0.875 bits per heavy atom. The lowest BCUT2D eigenvalue weighted by Crippen LogP contribution is -2.01. The predicted molar refractivity (Wildman–Crippen MR) is 69.1 cm³/mol. The number of hydrogen-bond acceptors (Lipinski definition) is 3. The van der Waals surface area contributed by atoms with E-state index in [4.69, 9.17) is 9.05 Å². The Morgan fingerprint density at radius 2 is 1.56 bits per heavy atom. The van der Waals surface area contributed by atoms with Crippen molar-refractivity contribution in [3.63, 3.8) is 0 Å². The Labute approximate surface area is 100 Å². The minimum absolute atomic E-state index is 0.468. The normalized spacial score (nSPS) is 14.9. The van der Waals surface area contributed by atoms with Crippen molar-refractivity contribution < 1.29 is 13.6 Å². The summed E-state index contributed by atoms with van der Waals surface area (Å²) in [5.74, 6) is 0. The zero-order valence-corrected chi connectivity index (χ0v) is 11.9. The lowest BCUT2D eigenvalue weighted by atomic mass is 10.2. The molecule has 0 aromatic rings. The van der Waals surface area contributed by atoms with Crippen LogP contribution in [0.3, 0.4) is 0 Å². The minimum Gasteiger partial charge on any atom is -0.309 e. The summed E-state index contributed by atoms with van der Waals surface area (Å²) in [7, 11) is -2.78. The molecule has 0 aliphatic carbocycles. The molecule has 4 heteroatoms. The molecule has 0 radical (unpaired) electrons. The van der Waals surface area contributed by atoms with Crippen LogP contribution >= 0.6 is 7.60 Å². The fourth-order valence-corrected chi connectivity index (χ4v) is 3.28. The molecule has 98 valence electrons. The van der Waals surface area contributed by atoms with E-state index in [0.29, 0.717) is 19.4 Å². The van der Waals surface area contributed by atoms with Gasteiger partial charge in [0.15, 0.2) is 0 Å². The molecule has 0 bridgehead atoms. The van der Waals surface area contributed by atoms with Crippen LogP contribution in [0.25, 0.3) is 0 Å². The van der Waals surface area contributed by atoms with Crippen LogP contribution in [0, 0.1) is 0 Å². The number of rotatable bonds is 11. The molecule has 0 aliphatic heterocycles. The molecule has 0 saturated carbocycles. The van der Waals surface area contributed by atoms with Gasteiger partial charge in [-0.15, -0.1) is 0 Å². The van der Waals surface area contributed by atoms with Gasteiger partial charge in [-0.05, 0) is 19.8 Å². The zero-order valence-electron chi connectivity index (χ0n) is 11.0. The zero-order chi connectivity index (χ0) is 12.3. The molecule has 1 atom stereocenters. The molecule has 1 unspecified atom stereocenters. The highest BCUT2D eigenvalue weighted by atomic mass is 31.2. The third kappa shape index (κ3) is 8.32. The van der Waals surface area contributed by atoms with Crippen molar-refractivity contribution in [3.8, 4) is 0 Å². The van der Waals surface area contributed by atoms with Crippen molar-refractivity contribution in [3.05, 3.63) is 0 Å². The summed E-state index contributed by atoms with van der Waals surface area (Å²) >= 11 is 0. The van der Waals surface area contributed by atoms with Gasteiger partial charge in [0.2, 0.25) is 0 Å². The van der Waals surface area contributed by atoms with E-state index in [1.54, 1.807) is 0 Å². The standard InChI is InChI=1S/C12H27O3P/c1-4-7-9-10-11-15-16(13,14-6-3)12-8-5-2/h4-12H2,1-3H3. The van der Waals surface area contributed by atoms with Crippen molar-refractivity contribution in [2.45, 2.75) is 59.3 Å². The second-order valence-electron chi connectivity index (χ2n) is 4.00. The summed E-state index contributed by atoms with van der Waals surface area (Å²) in [4.78, 5) is 0. The summed E-state index contributed by atoms with van der Waals surface area (Å²) in [6.45, 7) is 7.15. The largest absolute Gasteiger partial charge is 0.330 e. The SMILES string of the molecule is CCCCCCOP(=O)(CCCC)OCC. The molecular weight excluding hydrogens is 223 g/mol. The van der Waals surface area contributed by atoms with Gasteiger partial charge < -0.3 is 9.05 Å². The smallest absolute Gasteiger partial charge is 0.309 e. The van der Waals surface area contributed by atoms with E-state index in [1.165, 1.54) is 12.8 Å². The Hall–Kier alpha value is 0.150. The number of hydrogen-bond donors (Lipinski definition) is 0. The molecule has 0 spiro atoms. The Bertz CT molecular complexity index is 195. The van der Waals surface area contributed by atoms with Gasteiger partial charge in [0.1, 0.15) is 0 Å². The summed E-state index contributed by atoms with van der Waals surface area (Å²) < 4.78 is 22.9. The highest BCUT2D eigenvalue weighted by molar-refractivity contribution is 7.53. The monoisotopic (exact) mass is 250 g/mol. The van der Waals surface area contributed by atoms with Gasteiger partial charge in [0, 0.05) is 0 Å². The van der Waals surface area contributed by atoms with Crippen molar-refractivity contribution in [2.24, 2.45) is 0 Å². The molecule has 0 saturated heterocycles. The van der Waals surface area contributed by atoms with Gasteiger partial charge >= 0.3 is 7.60 Å². The second kappa shape index (κ2) is 10.3. The molecular formula is C12H27O3P. The van der Waals surface area contributed by atoms with Gasteiger partial charge in [-0.25, -0.2) is 0 Å². The van der Waals surface area contributed by atoms with Crippen molar-refractivity contribution >= 4 is 7.60 Å². The van der Waals surface area contributed by atoms with E-state index in [1.807, 2.05) is 6.92 Å². The van der Waals surface area contributed by atoms with Gasteiger partial charge in [-0.2, -0.15) is 0 Å². The Kier molecular flexibility index (Phi) is 10.4. The van der Waals surface area contributed by atoms with E-state index < -0.39 is 7.60 Å². The maximum atomic E-state index is 12.2. The van der Waals surface area contributed by atoms with Crippen LogP contribution < -0.4 is 0 Å². The van der Waals surface area contributed by atoms with Crippen LogP contribution in [-0.4, -0.2) is 19.4 Å². The molecule has 3 nitrogen and oxygen atoms in total. The Morgan fingerprint density at radius 3 is 2.12 bits per heavy atom. The topological polar surface area (TPSA) is 35.5 Å². The first kappa shape index (κ1) is 16.1. The summed E-state index contributed by atoms with van der Waals surface area (Å²) in [5.41, 5.74) is 0. The van der Waals surface area contributed by atoms with Gasteiger partial charge in [-0.1, -0.05) is 39.5 Å². The van der Waals surface area contributed by atoms with E-state index in [9.17, 15) is 4.57 Å². The molecule has 0 aromatic heterocycles. The molecule has 0 heterocycles. The first-order chi connectivity index (χ1) is 7.68. The molecule has 0 aliphatic rings. The lowest BCUT2D eigenvalue weighted by molar-refractivity contribution is 0.207. The van der Waals surface area contributed by atoms with Crippen LogP contribution in [0.5, 0.6) is 0 Å². The second-order valence-corrected chi connectivity index (χ2v) is 6.19. The lowest BCUT2D eigenvalue weighted by Gasteiger charge is -2.17. The maximum absolute atomic E-state index is 12.2. The summed E-state index contributed by atoms with van der Waals surface area (Å²) in [6, 6.07) is 0. The van der Waals surface area contributed by atoms with Crippen LogP contribution in [0.2, 0.25) is 0 Å². The quantitative estimate of drug-likeness (QED) is 0.396. The minimum atomic E-state index is -2.78. The first-order valence-electron chi connectivity index (χ1n) is 6.56. The third-order valence-electron chi connectivity index (χ3n) is 2.40. The molecule has 0 fully saturated rings. The van der Waals surface area contributed by atoms with Crippen LogP contribution in [0.15, 0.2) is 0 Å². The molecule has 0 rings (SSSR count). The number of unbranched alkanes of at least 4 members (excludes halogenated alkanes) is 4. The van der Waals surface area contributed by atoms with E-state index in [0.717, 1.165) is 25.7 Å². The third-order valence-corrected chi connectivity index (χ3v) is 4.49. The van der Waals surface area contributed by atoms with Gasteiger partial charge in [0.05, 0.1) is 19.4 Å². The summed E-state index contributed by atoms with van der Waals surface area (Å²) in [6.07, 6.45) is 7.05. The van der Waals surface area contributed by atoms with Crippen molar-refractivity contribution in [1.82, 2.24) is 0 Å². The van der Waals surface area contributed by atoms with Crippen LogP contribution in [0.1, 0.15) is 59.3 Å². The first-order valence-corrected chi connectivity index (χ1v) is 8.29. The van der Waals surface area contributed by atoms with E-state index >= 15 is 0 Å². The van der Waals surface area contributed by atoms with E-state index in [2.05, 4.69) is 13.8 Å². The molecule has 16 heavy (non-hydrogen) atoms. The van der Waals surface area contributed by atoms with Gasteiger partial charge in [-0.3, -0.25) is 4.57 Å². The predicted octanol–water partition coefficient (Wildman–Crippen LogP) is 4.61. The average molecular weight is 250 g/mol.